The van der Waals surface area contributed by atoms with Gasteiger partial charge in [-0.15, -0.1) is 0 Å². The first-order valence-electron chi connectivity index (χ1n) is 9.86. The van der Waals surface area contributed by atoms with Crippen LogP contribution in [0.3, 0.4) is 0 Å². The lowest BCUT2D eigenvalue weighted by atomic mass is 9.83. The number of carbonyl (C=O) groups is 2. The van der Waals surface area contributed by atoms with Gasteiger partial charge < -0.3 is 19.7 Å². The van der Waals surface area contributed by atoms with E-state index in [1.165, 1.54) is 0 Å². The highest BCUT2D eigenvalue weighted by molar-refractivity contribution is 5.73. The van der Waals surface area contributed by atoms with E-state index in [-0.39, 0.29) is 23.4 Å². The van der Waals surface area contributed by atoms with Crippen LogP contribution in [0.25, 0.3) is 0 Å². The molecule has 0 aliphatic carbocycles. The van der Waals surface area contributed by atoms with E-state index in [9.17, 15) is 9.59 Å². The number of para-hydroxylation sites is 1. The lowest BCUT2D eigenvalue weighted by Crippen LogP contribution is -2.52. The average molecular weight is 389 g/mol. The number of likely N-dealkylation sites (tertiary alicyclic amines) is 2. The van der Waals surface area contributed by atoms with Crippen molar-refractivity contribution in [1.82, 2.24) is 15.1 Å². The van der Waals surface area contributed by atoms with Crippen LogP contribution in [0.2, 0.25) is 0 Å². The minimum absolute atomic E-state index is 0.00197. The number of piperidine rings is 1. The highest BCUT2D eigenvalue weighted by Crippen LogP contribution is 2.41. The molecule has 2 amide bonds. The fraction of sp³-hybridized carbons (Fsp3) is 0.619. The van der Waals surface area contributed by atoms with Crippen molar-refractivity contribution in [3.8, 4) is 11.5 Å². The van der Waals surface area contributed by atoms with Crippen molar-refractivity contribution in [2.45, 2.75) is 51.2 Å². The SMILES string of the molecule is COc1cccc(CN2CC(NC(C)=O)CC23CCN(C(C)=O)CC3)c1OC. The summed E-state index contributed by atoms with van der Waals surface area (Å²) in [7, 11) is 3.30. The standard InChI is InChI=1S/C21H31N3O4/c1-15(25)22-18-12-21(8-10-23(11-9-21)16(2)26)24(14-18)13-17-6-5-7-19(27-3)20(17)28-4/h5-7,18H,8-14H2,1-4H3,(H,22,25). The van der Waals surface area contributed by atoms with Gasteiger partial charge in [-0.1, -0.05) is 12.1 Å². The predicted molar refractivity (Wildman–Crippen MR) is 106 cm³/mol. The van der Waals surface area contributed by atoms with Gasteiger partial charge in [0.1, 0.15) is 0 Å². The Balaban J connectivity index is 1.84. The third kappa shape index (κ3) is 4.09. The van der Waals surface area contributed by atoms with Gasteiger partial charge in [-0.25, -0.2) is 0 Å². The van der Waals surface area contributed by atoms with Crippen LogP contribution < -0.4 is 14.8 Å². The van der Waals surface area contributed by atoms with Gasteiger partial charge in [0, 0.05) is 57.2 Å². The molecule has 1 atom stereocenters. The van der Waals surface area contributed by atoms with Crippen LogP contribution in [0.1, 0.15) is 38.7 Å². The van der Waals surface area contributed by atoms with Gasteiger partial charge in [0.2, 0.25) is 11.8 Å². The number of hydrogen-bond acceptors (Lipinski definition) is 5. The van der Waals surface area contributed by atoms with E-state index in [2.05, 4.69) is 16.3 Å². The first-order valence-corrected chi connectivity index (χ1v) is 9.86. The van der Waals surface area contributed by atoms with Crippen molar-refractivity contribution in [3.63, 3.8) is 0 Å². The van der Waals surface area contributed by atoms with Gasteiger partial charge in [0.15, 0.2) is 11.5 Å². The maximum absolute atomic E-state index is 11.8. The number of nitrogens with one attached hydrogen (secondary N) is 1. The van der Waals surface area contributed by atoms with Gasteiger partial charge in [0.25, 0.3) is 0 Å². The number of amides is 2. The molecule has 0 aromatic heterocycles. The molecule has 1 aromatic rings. The molecular weight excluding hydrogens is 358 g/mol. The first-order chi connectivity index (χ1) is 13.4. The molecule has 2 aliphatic rings. The molecule has 2 aliphatic heterocycles. The molecule has 2 heterocycles. The normalized spacial score (nSPS) is 21.6. The van der Waals surface area contributed by atoms with Crippen LogP contribution in [0.15, 0.2) is 18.2 Å². The summed E-state index contributed by atoms with van der Waals surface area (Å²) >= 11 is 0. The number of benzene rings is 1. The molecule has 7 nitrogen and oxygen atoms in total. The highest BCUT2D eigenvalue weighted by atomic mass is 16.5. The zero-order chi connectivity index (χ0) is 20.3. The molecule has 7 heteroatoms. The summed E-state index contributed by atoms with van der Waals surface area (Å²) in [5.74, 6) is 1.61. The van der Waals surface area contributed by atoms with Gasteiger partial charge in [-0.05, 0) is 25.3 Å². The van der Waals surface area contributed by atoms with Crippen molar-refractivity contribution in [1.29, 1.82) is 0 Å². The molecule has 28 heavy (non-hydrogen) atoms. The summed E-state index contributed by atoms with van der Waals surface area (Å²) in [6.07, 6.45) is 2.73. The maximum atomic E-state index is 11.8. The second-order valence-electron chi connectivity index (χ2n) is 7.87. The molecule has 2 fully saturated rings. The summed E-state index contributed by atoms with van der Waals surface area (Å²) in [6.45, 7) is 6.22. The van der Waals surface area contributed by atoms with E-state index in [0.717, 1.165) is 62.5 Å². The van der Waals surface area contributed by atoms with Crippen LogP contribution in [-0.2, 0) is 16.1 Å². The van der Waals surface area contributed by atoms with Gasteiger partial charge >= 0.3 is 0 Å². The molecule has 1 N–H and O–H groups in total. The Morgan fingerprint density at radius 3 is 2.46 bits per heavy atom. The summed E-state index contributed by atoms with van der Waals surface area (Å²) in [5.41, 5.74) is 1.05. The van der Waals surface area contributed by atoms with E-state index in [0.29, 0.717) is 0 Å². The van der Waals surface area contributed by atoms with E-state index in [1.807, 2.05) is 17.0 Å². The third-order valence-corrected chi connectivity index (χ3v) is 6.13. The molecule has 1 spiro atoms. The Hall–Kier alpha value is -2.28. The first kappa shape index (κ1) is 20.5. The Kier molecular flexibility index (Phi) is 6.13. The zero-order valence-electron chi connectivity index (χ0n) is 17.3. The molecule has 1 unspecified atom stereocenters. The lowest BCUT2D eigenvalue weighted by molar-refractivity contribution is -0.131. The smallest absolute Gasteiger partial charge is 0.219 e. The predicted octanol–water partition coefficient (Wildman–Crippen LogP) is 1.80. The Labute approximate surface area is 167 Å². The number of ether oxygens (including phenoxy) is 2. The number of methoxy groups -OCH3 is 2. The second-order valence-corrected chi connectivity index (χ2v) is 7.87. The van der Waals surface area contributed by atoms with E-state index in [4.69, 9.17) is 9.47 Å². The molecule has 154 valence electrons. The monoisotopic (exact) mass is 389 g/mol. The second kappa shape index (κ2) is 8.39. The minimum atomic E-state index is -0.0207. The van der Waals surface area contributed by atoms with E-state index < -0.39 is 0 Å². The van der Waals surface area contributed by atoms with Gasteiger partial charge in [-0.3, -0.25) is 14.5 Å². The summed E-state index contributed by atoms with van der Waals surface area (Å²) in [5, 5.41) is 3.10. The van der Waals surface area contributed by atoms with Gasteiger partial charge in [-0.2, -0.15) is 0 Å². The van der Waals surface area contributed by atoms with E-state index >= 15 is 0 Å². The fourth-order valence-electron chi connectivity index (χ4n) is 4.77. The largest absolute Gasteiger partial charge is 0.493 e. The van der Waals surface area contributed by atoms with Crippen LogP contribution in [-0.4, -0.2) is 67.0 Å². The Morgan fingerprint density at radius 1 is 1.18 bits per heavy atom. The van der Waals surface area contributed by atoms with Crippen LogP contribution in [0.4, 0.5) is 0 Å². The van der Waals surface area contributed by atoms with Crippen LogP contribution in [0.5, 0.6) is 11.5 Å². The Bertz CT molecular complexity index is 728. The number of carbonyl (C=O) groups excluding carboxylic acids is 2. The van der Waals surface area contributed by atoms with Crippen LogP contribution >= 0.6 is 0 Å². The fourth-order valence-corrected chi connectivity index (χ4v) is 4.77. The van der Waals surface area contributed by atoms with Crippen molar-refractivity contribution in [2.75, 3.05) is 33.9 Å². The lowest BCUT2D eigenvalue weighted by Gasteiger charge is -2.45. The van der Waals surface area contributed by atoms with Crippen LogP contribution in [0, 0.1) is 0 Å². The summed E-state index contributed by atoms with van der Waals surface area (Å²) < 4.78 is 11.1. The van der Waals surface area contributed by atoms with Gasteiger partial charge in [0.05, 0.1) is 14.2 Å². The third-order valence-electron chi connectivity index (χ3n) is 6.13. The summed E-state index contributed by atoms with van der Waals surface area (Å²) in [4.78, 5) is 27.8. The molecule has 2 saturated heterocycles. The van der Waals surface area contributed by atoms with Crippen molar-refractivity contribution < 1.29 is 19.1 Å². The minimum Gasteiger partial charge on any atom is -0.493 e. The maximum Gasteiger partial charge on any atom is 0.219 e. The molecular formula is C21H31N3O4. The molecule has 3 rings (SSSR count). The zero-order valence-corrected chi connectivity index (χ0v) is 17.3. The quantitative estimate of drug-likeness (QED) is 0.831. The molecule has 0 bridgehead atoms. The van der Waals surface area contributed by atoms with Crippen molar-refractivity contribution in [2.24, 2.45) is 0 Å². The number of hydrogen-bond donors (Lipinski definition) is 1. The van der Waals surface area contributed by atoms with Crippen molar-refractivity contribution in [3.05, 3.63) is 23.8 Å². The highest BCUT2D eigenvalue weighted by Gasteiger charge is 2.47. The van der Waals surface area contributed by atoms with E-state index in [1.54, 1.807) is 28.1 Å². The van der Waals surface area contributed by atoms with Crippen molar-refractivity contribution >= 4 is 11.8 Å². The average Bonchev–Trinajstić information content (AvgIpc) is 2.97. The molecule has 1 aromatic carbocycles. The summed E-state index contributed by atoms with van der Waals surface area (Å²) in [6, 6.07) is 6.06. The molecule has 0 radical (unpaired) electrons. The molecule has 0 saturated carbocycles. The Morgan fingerprint density at radius 2 is 1.89 bits per heavy atom. The number of rotatable bonds is 5. The topological polar surface area (TPSA) is 71.1 Å². The number of nitrogens with zero attached hydrogens (tertiary/aromatic N) is 2.